The molecule has 1 aliphatic rings. The third-order valence-electron chi connectivity index (χ3n) is 4.21. The van der Waals surface area contributed by atoms with Crippen LogP contribution in [0, 0.1) is 6.92 Å². The number of phenols is 1. The summed E-state index contributed by atoms with van der Waals surface area (Å²) in [6, 6.07) is 8.89. The van der Waals surface area contributed by atoms with Crippen molar-refractivity contribution in [1.82, 2.24) is 0 Å². The molecule has 0 atom stereocenters. The third-order valence-corrected chi connectivity index (χ3v) is 4.21. The van der Waals surface area contributed by atoms with E-state index >= 15 is 0 Å². The van der Waals surface area contributed by atoms with Gasteiger partial charge < -0.3 is 19.3 Å². The predicted molar refractivity (Wildman–Crippen MR) is 94.8 cm³/mol. The number of hydrogen-bond acceptors (Lipinski definition) is 5. The molecule has 0 amide bonds. The minimum absolute atomic E-state index is 0.0535. The Labute approximate surface area is 146 Å². The fraction of sp³-hybridized carbons (Fsp3) is 0.250. The van der Waals surface area contributed by atoms with Crippen molar-refractivity contribution >= 4 is 11.9 Å². The van der Waals surface area contributed by atoms with Gasteiger partial charge in [-0.1, -0.05) is 12.1 Å². The van der Waals surface area contributed by atoms with Gasteiger partial charge in [0.15, 0.2) is 17.3 Å². The zero-order valence-corrected chi connectivity index (χ0v) is 14.5. The summed E-state index contributed by atoms with van der Waals surface area (Å²) in [4.78, 5) is 12.9. The van der Waals surface area contributed by atoms with Gasteiger partial charge in [0.2, 0.25) is 5.75 Å². The number of carbonyl (C=O) groups excluding carboxylic acids is 1. The predicted octanol–water partition coefficient (Wildman–Crippen LogP) is 3.77. The molecule has 0 radical (unpaired) electrons. The van der Waals surface area contributed by atoms with Crippen molar-refractivity contribution in [3.8, 4) is 23.0 Å². The van der Waals surface area contributed by atoms with Gasteiger partial charge >= 0.3 is 0 Å². The van der Waals surface area contributed by atoms with Gasteiger partial charge in [0.1, 0.15) is 5.75 Å². The minimum Gasteiger partial charge on any atom is -0.502 e. The molecule has 25 heavy (non-hydrogen) atoms. The molecule has 5 nitrogen and oxygen atoms in total. The van der Waals surface area contributed by atoms with Crippen molar-refractivity contribution in [3.05, 3.63) is 52.6 Å². The highest BCUT2D eigenvalue weighted by Crippen LogP contribution is 2.38. The number of para-hydroxylation sites is 1. The molecular formula is C20H20O5. The van der Waals surface area contributed by atoms with E-state index in [1.54, 1.807) is 24.3 Å². The first-order chi connectivity index (χ1) is 12.0. The van der Waals surface area contributed by atoms with Crippen LogP contribution in [0.15, 0.2) is 35.9 Å². The Hall–Kier alpha value is -2.95. The van der Waals surface area contributed by atoms with E-state index in [0.29, 0.717) is 47.0 Å². The highest BCUT2D eigenvalue weighted by atomic mass is 16.5. The van der Waals surface area contributed by atoms with Crippen molar-refractivity contribution in [3.63, 3.8) is 0 Å². The van der Waals surface area contributed by atoms with Crippen LogP contribution in [0.2, 0.25) is 0 Å². The largest absolute Gasteiger partial charge is 0.502 e. The van der Waals surface area contributed by atoms with Crippen LogP contribution in [-0.4, -0.2) is 31.7 Å². The molecule has 0 unspecified atom stereocenters. The number of benzene rings is 2. The number of aromatic hydroxyl groups is 1. The lowest BCUT2D eigenvalue weighted by atomic mass is 9.97. The summed E-state index contributed by atoms with van der Waals surface area (Å²) < 4.78 is 16.1. The monoisotopic (exact) mass is 340 g/mol. The summed E-state index contributed by atoms with van der Waals surface area (Å²) in [7, 11) is 2.93. The highest BCUT2D eigenvalue weighted by Gasteiger charge is 2.22. The number of ether oxygens (including phenoxy) is 3. The molecule has 1 aliphatic heterocycles. The second-order valence-corrected chi connectivity index (χ2v) is 5.82. The van der Waals surface area contributed by atoms with E-state index in [1.165, 1.54) is 14.2 Å². The number of Topliss-reactive ketones (excluding diaryl/α,β-unsaturated/α-hetero) is 1. The van der Waals surface area contributed by atoms with Gasteiger partial charge in [-0.3, -0.25) is 4.79 Å². The SMILES string of the molecule is COc1cc(/C=C2\CCOc3c(C)cccc3C2=O)cc(OC)c1O. The molecule has 130 valence electrons. The number of carbonyl (C=O) groups is 1. The minimum atomic E-state index is -0.0661. The molecule has 0 saturated heterocycles. The van der Waals surface area contributed by atoms with Crippen molar-refractivity contribution in [2.45, 2.75) is 13.3 Å². The Kier molecular flexibility index (Phi) is 4.65. The van der Waals surface area contributed by atoms with E-state index in [1.807, 2.05) is 19.1 Å². The summed E-state index contributed by atoms with van der Waals surface area (Å²) in [6.07, 6.45) is 2.28. The van der Waals surface area contributed by atoms with Gasteiger partial charge in [0, 0.05) is 12.0 Å². The topological polar surface area (TPSA) is 65.0 Å². The lowest BCUT2D eigenvalue weighted by molar-refractivity contribution is 0.103. The zero-order chi connectivity index (χ0) is 18.0. The maximum atomic E-state index is 12.9. The number of methoxy groups -OCH3 is 2. The van der Waals surface area contributed by atoms with Crippen molar-refractivity contribution < 1.29 is 24.1 Å². The van der Waals surface area contributed by atoms with Gasteiger partial charge in [-0.15, -0.1) is 0 Å². The van der Waals surface area contributed by atoms with Crippen molar-refractivity contribution in [2.24, 2.45) is 0 Å². The second kappa shape index (κ2) is 6.89. The van der Waals surface area contributed by atoms with Gasteiger partial charge in [-0.05, 0) is 42.3 Å². The number of hydrogen-bond donors (Lipinski definition) is 1. The summed E-state index contributed by atoms with van der Waals surface area (Å²) in [5, 5.41) is 10.0. The van der Waals surface area contributed by atoms with Crippen LogP contribution in [0.4, 0.5) is 0 Å². The maximum absolute atomic E-state index is 12.9. The van der Waals surface area contributed by atoms with E-state index in [-0.39, 0.29) is 11.5 Å². The Morgan fingerprint density at radius 1 is 1.16 bits per heavy atom. The second-order valence-electron chi connectivity index (χ2n) is 5.82. The molecule has 0 aliphatic carbocycles. The quantitative estimate of drug-likeness (QED) is 0.862. The fourth-order valence-electron chi connectivity index (χ4n) is 2.91. The van der Waals surface area contributed by atoms with E-state index in [9.17, 15) is 9.90 Å². The molecule has 5 heteroatoms. The average molecular weight is 340 g/mol. The first-order valence-corrected chi connectivity index (χ1v) is 7.97. The molecule has 2 aromatic carbocycles. The molecule has 1 heterocycles. The van der Waals surface area contributed by atoms with E-state index in [2.05, 4.69) is 0 Å². The Morgan fingerprint density at radius 2 is 1.84 bits per heavy atom. The van der Waals surface area contributed by atoms with Gasteiger partial charge in [0.05, 0.1) is 26.4 Å². The highest BCUT2D eigenvalue weighted by molar-refractivity contribution is 6.13. The molecule has 2 aromatic rings. The van der Waals surface area contributed by atoms with Crippen LogP contribution in [0.1, 0.15) is 27.9 Å². The van der Waals surface area contributed by atoms with Gasteiger partial charge in [-0.25, -0.2) is 0 Å². The van der Waals surface area contributed by atoms with Crippen LogP contribution >= 0.6 is 0 Å². The first kappa shape index (κ1) is 16.9. The number of rotatable bonds is 3. The maximum Gasteiger partial charge on any atom is 0.200 e. The van der Waals surface area contributed by atoms with Crippen LogP contribution in [-0.2, 0) is 0 Å². The summed E-state index contributed by atoms with van der Waals surface area (Å²) in [5.41, 5.74) is 2.87. The Balaban J connectivity index is 2.06. The zero-order valence-electron chi connectivity index (χ0n) is 14.5. The van der Waals surface area contributed by atoms with Gasteiger partial charge in [0.25, 0.3) is 0 Å². The van der Waals surface area contributed by atoms with Crippen molar-refractivity contribution in [2.75, 3.05) is 20.8 Å². The van der Waals surface area contributed by atoms with E-state index in [0.717, 1.165) is 5.56 Å². The lowest BCUT2D eigenvalue weighted by Gasteiger charge is -2.10. The molecule has 0 spiro atoms. The van der Waals surface area contributed by atoms with Crippen LogP contribution < -0.4 is 14.2 Å². The number of ketones is 1. The summed E-state index contributed by atoms with van der Waals surface area (Å²) in [6.45, 7) is 2.36. The normalized spacial score (nSPS) is 15.3. The molecule has 0 saturated carbocycles. The smallest absolute Gasteiger partial charge is 0.200 e. The summed E-state index contributed by atoms with van der Waals surface area (Å²) >= 11 is 0. The molecule has 0 bridgehead atoms. The standard InChI is InChI=1S/C20H20O5/c1-12-5-4-6-15-18(21)14(7-8-25-20(12)15)9-13-10-16(23-2)19(22)17(11-13)24-3/h4-6,9-11,22H,7-8H2,1-3H3/b14-9+. The molecular weight excluding hydrogens is 320 g/mol. The number of aryl methyl sites for hydroxylation is 1. The van der Waals surface area contributed by atoms with Crippen LogP contribution in [0.25, 0.3) is 6.08 Å². The van der Waals surface area contributed by atoms with E-state index < -0.39 is 0 Å². The Bertz CT molecular complexity index is 826. The van der Waals surface area contributed by atoms with Crippen molar-refractivity contribution in [1.29, 1.82) is 0 Å². The fourth-order valence-corrected chi connectivity index (χ4v) is 2.91. The molecule has 0 fully saturated rings. The average Bonchev–Trinajstić information content (AvgIpc) is 2.77. The first-order valence-electron chi connectivity index (χ1n) is 7.97. The summed E-state index contributed by atoms with van der Waals surface area (Å²) in [5.74, 6) is 1.11. The molecule has 0 aromatic heterocycles. The molecule has 1 N–H and O–H groups in total. The Morgan fingerprint density at radius 3 is 2.48 bits per heavy atom. The van der Waals surface area contributed by atoms with Crippen LogP contribution in [0.3, 0.4) is 0 Å². The number of fused-ring (bicyclic) bond motifs is 1. The van der Waals surface area contributed by atoms with Crippen LogP contribution in [0.5, 0.6) is 23.0 Å². The number of phenolic OH excluding ortho intramolecular Hbond substituents is 1. The molecule has 3 rings (SSSR count). The van der Waals surface area contributed by atoms with E-state index in [4.69, 9.17) is 14.2 Å². The van der Waals surface area contributed by atoms with Gasteiger partial charge in [-0.2, -0.15) is 0 Å². The third kappa shape index (κ3) is 3.18. The lowest BCUT2D eigenvalue weighted by Crippen LogP contribution is -2.02.